The van der Waals surface area contributed by atoms with Crippen molar-refractivity contribution in [3.8, 4) is 0 Å². The number of benzene rings is 2. The van der Waals surface area contributed by atoms with E-state index in [9.17, 15) is 9.59 Å². The first-order valence-electron chi connectivity index (χ1n) is 8.21. The van der Waals surface area contributed by atoms with Gasteiger partial charge in [0.2, 0.25) is 0 Å². The van der Waals surface area contributed by atoms with Crippen molar-refractivity contribution < 1.29 is 9.59 Å². The van der Waals surface area contributed by atoms with Gasteiger partial charge in [-0.1, -0.05) is 42.5 Å². The Kier molecular flexibility index (Phi) is 4.07. The van der Waals surface area contributed by atoms with Crippen LogP contribution in [0.15, 0.2) is 72.9 Å². The summed E-state index contributed by atoms with van der Waals surface area (Å²) in [5.74, 6) is -0.331. The molecule has 0 aliphatic carbocycles. The maximum absolute atomic E-state index is 12.3. The number of carbonyl (C=O) groups is 2. The minimum atomic E-state index is -0.376. The van der Waals surface area contributed by atoms with Crippen molar-refractivity contribution in [1.82, 2.24) is 9.99 Å². The first-order valence-corrected chi connectivity index (χ1v) is 8.21. The first kappa shape index (κ1) is 15.8. The molecule has 3 aromatic rings. The van der Waals surface area contributed by atoms with Crippen LogP contribution in [-0.4, -0.2) is 21.8 Å². The van der Waals surface area contributed by atoms with Gasteiger partial charge in [-0.25, -0.2) is 4.98 Å². The van der Waals surface area contributed by atoms with Crippen molar-refractivity contribution in [2.75, 3.05) is 10.7 Å². The summed E-state index contributed by atoms with van der Waals surface area (Å²) in [6.07, 6.45) is 1.66. The molecule has 0 unspecified atom stereocenters. The lowest BCUT2D eigenvalue weighted by Gasteiger charge is -2.16. The van der Waals surface area contributed by atoms with Crippen LogP contribution in [0, 0.1) is 0 Å². The van der Waals surface area contributed by atoms with E-state index >= 15 is 0 Å². The van der Waals surface area contributed by atoms with Crippen molar-refractivity contribution in [2.24, 2.45) is 0 Å². The molecule has 1 aromatic heterocycles. The van der Waals surface area contributed by atoms with Gasteiger partial charge >= 0.3 is 0 Å². The van der Waals surface area contributed by atoms with E-state index in [2.05, 4.69) is 15.7 Å². The number of fused-ring (bicyclic) bond motifs is 1. The van der Waals surface area contributed by atoms with E-state index in [4.69, 9.17) is 0 Å². The van der Waals surface area contributed by atoms with E-state index in [-0.39, 0.29) is 11.8 Å². The van der Waals surface area contributed by atoms with Crippen molar-refractivity contribution >= 4 is 23.3 Å². The summed E-state index contributed by atoms with van der Waals surface area (Å²) in [6, 6.07) is 20.4. The van der Waals surface area contributed by atoms with Crippen LogP contribution in [-0.2, 0) is 6.54 Å². The van der Waals surface area contributed by atoms with Gasteiger partial charge in [-0.05, 0) is 29.8 Å². The molecule has 2 N–H and O–H groups in total. The van der Waals surface area contributed by atoms with E-state index in [1.54, 1.807) is 36.5 Å². The highest BCUT2D eigenvalue weighted by atomic mass is 16.2. The topological polar surface area (TPSA) is 74.3 Å². The summed E-state index contributed by atoms with van der Waals surface area (Å²) in [5.41, 5.74) is 5.59. The summed E-state index contributed by atoms with van der Waals surface area (Å²) in [7, 11) is 0. The van der Waals surface area contributed by atoms with Gasteiger partial charge in [-0.3, -0.25) is 15.0 Å². The lowest BCUT2D eigenvalue weighted by molar-refractivity contribution is 0.0690. The number of imide groups is 1. The first-order chi connectivity index (χ1) is 12.7. The number of anilines is 2. The Hall–Kier alpha value is -3.67. The summed E-state index contributed by atoms with van der Waals surface area (Å²) in [6.45, 7) is 0.688. The van der Waals surface area contributed by atoms with E-state index in [0.29, 0.717) is 23.5 Å². The van der Waals surface area contributed by atoms with E-state index in [1.165, 1.54) is 5.56 Å². The largest absolute Gasteiger partial charge is 0.380 e. The SMILES string of the molecule is O=C1c2ccccc2C(=O)N1Nc1ccc(NCc2ccccc2)cn1. The van der Waals surface area contributed by atoms with Crippen LogP contribution < -0.4 is 10.7 Å². The molecule has 0 spiro atoms. The highest BCUT2D eigenvalue weighted by molar-refractivity contribution is 6.21. The molecule has 0 saturated carbocycles. The number of hydrogen-bond acceptors (Lipinski definition) is 5. The number of nitrogens with zero attached hydrogens (tertiary/aromatic N) is 2. The average molecular weight is 344 g/mol. The van der Waals surface area contributed by atoms with Gasteiger partial charge in [0.05, 0.1) is 23.0 Å². The molecule has 2 amide bonds. The fourth-order valence-corrected chi connectivity index (χ4v) is 2.77. The zero-order chi connectivity index (χ0) is 17.9. The Morgan fingerprint density at radius 1 is 0.808 bits per heavy atom. The molecule has 0 bridgehead atoms. The third-order valence-corrected chi connectivity index (χ3v) is 4.12. The number of pyridine rings is 1. The van der Waals surface area contributed by atoms with Crippen LogP contribution in [0.3, 0.4) is 0 Å². The minimum absolute atomic E-state index is 0.376. The number of hydrogen-bond donors (Lipinski definition) is 2. The third-order valence-electron chi connectivity index (χ3n) is 4.12. The molecule has 0 radical (unpaired) electrons. The molecule has 1 aliphatic rings. The molecule has 2 aromatic carbocycles. The minimum Gasteiger partial charge on any atom is -0.380 e. The van der Waals surface area contributed by atoms with Gasteiger partial charge < -0.3 is 5.32 Å². The smallest absolute Gasteiger partial charge is 0.280 e. The third kappa shape index (κ3) is 3.00. The number of carbonyl (C=O) groups excluding carboxylic acids is 2. The zero-order valence-corrected chi connectivity index (χ0v) is 13.8. The maximum atomic E-state index is 12.3. The predicted octanol–water partition coefficient (Wildman–Crippen LogP) is 3.32. The Morgan fingerprint density at radius 3 is 2.08 bits per heavy atom. The van der Waals surface area contributed by atoms with E-state index in [0.717, 1.165) is 10.7 Å². The van der Waals surface area contributed by atoms with Gasteiger partial charge in [0.1, 0.15) is 5.82 Å². The number of amides is 2. The number of hydrazine groups is 1. The second-order valence-electron chi connectivity index (χ2n) is 5.87. The van der Waals surface area contributed by atoms with Crippen LogP contribution in [0.2, 0.25) is 0 Å². The predicted molar refractivity (Wildman–Crippen MR) is 98.6 cm³/mol. The summed E-state index contributed by atoms with van der Waals surface area (Å²) in [5, 5.41) is 4.27. The quantitative estimate of drug-likeness (QED) is 0.695. The fraction of sp³-hybridized carbons (Fsp3) is 0.0500. The van der Waals surface area contributed by atoms with E-state index < -0.39 is 0 Å². The Morgan fingerprint density at radius 2 is 1.46 bits per heavy atom. The van der Waals surface area contributed by atoms with Crippen molar-refractivity contribution in [2.45, 2.75) is 6.54 Å². The summed E-state index contributed by atoms with van der Waals surface area (Å²) in [4.78, 5) is 28.9. The van der Waals surface area contributed by atoms with Crippen molar-refractivity contribution in [1.29, 1.82) is 0 Å². The Balaban J connectivity index is 1.42. The van der Waals surface area contributed by atoms with Crippen LogP contribution >= 0.6 is 0 Å². The van der Waals surface area contributed by atoms with Gasteiger partial charge in [0, 0.05) is 6.54 Å². The molecule has 2 heterocycles. The molecule has 6 heteroatoms. The molecule has 0 fully saturated rings. The highest BCUT2D eigenvalue weighted by Gasteiger charge is 2.35. The maximum Gasteiger partial charge on any atom is 0.280 e. The molecule has 26 heavy (non-hydrogen) atoms. The van der Waals surface area contributed by atoms with Gasteiger partial charge in [-0.15, -0.1) is 0 Å². The molecule has 128 valence electrons. The molecular weight excluding hydrogens is 328 g/mol. The molecule has 1 aliphatic heterocycles. The summed E-state index contributed by atoms with van der Waals surface area (Å²) < 4.78 is 0. The monoisotopic (exact) mass is 344 g/mol. The van der Waals surface area contributed by atoms with Gasteiger partial charge in [0.15, 0.2) is 0 Å². The molecule has 4 rings (SSSR count). The average Bonchev–Trinajstić information content (AvgIpc) is 2.93. The van der Waals surface area contributed by atoms with Crippen molar-refractivity contribution in [3.63, 3.8) is 0 Å². The second-order valence-corrected chi connectivity index (χ2v) is 5.87. The molecule has 0 saturated heterocycles. The van der Waals surface area contributed by atoms with Gasteiger partial charge in [-0.2, -0.15) is 5.01 Å². The lowest BCUT2D eigenvalue weighted by atomic mass is 10.1. The number of nitrogens with one attached hydrogen (secondary N) is 2. The molecule has 6 nitrogen and oxygen atoms in total. The van der Waals surface area contributed by atoms with Gasteiger partial charge in [0.25, 0.3) is 11.8 Å². The standard InChI is InChI=1S/C20H16N4O2/c25-19-16-8-4-5-9-17(16)20(26)24(19)23-18-11-10-15(13-22-18)21-12-14-6-2-1-3-7-14/h1-11,13,21H,12H2,(H,22,23). The fourth-order valence-electron chi connectivity index (χ4n) is 2.77. The normalized spacial score (nSPS) is 12.8. The molecule has 0 atom stereocenters. The highest BCUT2D eigenvalue weighted by Crippen LogP contribution is 2.23. The zero-order valence-electron chi connectivity index (χ0n) is 13.8. The Bertz CT molecular complexity index is 920. The van der Waals surface area contributed by atoms with E-state index in [1.807, 2.05) is 36.4 Å². The summed E-state index contributed by atoms with van der Waals surface area (Å²) >= 11 is 0. The second kappa shape index (κ2) is 6.68. The van der Waals surface area contributed by atoms with Crippen LogP contribution in [0.1, 0.15) is 26.3 Å². The van der Waals surface area contributed by atoms with Crippen LogP contribution in [0.5, 0.6) is 0 Å². The number of rotatable bonds is 5. The Labute approximate surface area is 150 Å². The van der Waals surface area contributed by atoms with Crippen molar-refractivity contribution in [3.05, 3.63) is 89.6 Å². The van der Waals surface area contributed by atoms with Crippen LogP contribution in [0.25, 0.3) is 0 Å². The number of aromatic nitrogens is 1. The lowest BCUT2D eigenvalue weighted by Crippen LogP contribution is -2.35. The van der Waals surface area contributed by atoms with Crippen LogP contribution in [0.4, 0.5) is 11.5 Å². The molecular formula is C20H16N4O2.